The zero-order valence-corrected chi connectivity index (χ0v) is 33.3. The minimum Gasteiger partial charge on any atom is -0.374 e. The van der Waals surface area contributed by atoms with Gasteiger partial charge in [0, 0.05) is 20.9 Å². The Morgan fingerprint density at radius 2 is 1.19 bits per heavy atom. The summed E-state index contributed by atoms with van der Waals surface area (Å²) in [6.07, 6.45) is -3.71. The first-order valence-corrected chi connectivity index (χ1v) is 18.9. The fourth-order valence-electron chi connectivity index (χ4n) is 6.21. The average molecular weight is 790 g/mol. The van der Waals surface area contributed by atoms with E-state index >= 15 is 0 Å². The van der Waals surface area contributed by atoms with Gasteiger partial charge in [-0.05, 0) is 37.5 Å². The van der Waals surface area contributed by atoms with Crippen molar-refractivity contribution in [2.24, 2.45) is 0 Å². The standard InChI is InChI=1S/C42H55N5O10/c1-27(38(50)43-6)44-39(51)28(2)45-41(52)42(5,47-30(4)49)26-56-40-35(46-29(3)48)37(55-24-33-20-14-9-15-21-33)36(54-23-32-18-12-8-13-19-32)34(57-40)25-53-22-31-16-10-7-11-17-31/h7-21,27-28,34-37,40H,22-26H2,1-6H3,(H,43,50)(H,44,51)(H,45,52)(H,46,48)(H,47,49)/t27-,28-,34+,35+,36-,37+,40-,42-/m0/s1. The molecule has 1 fully saturated rings. The molecule has 5 N–H and O–H groups in total. The monoisotopic (exact) mass is 789 g/mol. The number of hydrogen-bond donors (Lipinski definition) is 5. The minimum absolute atomic E-state index is 0.0384. The summed E-state index contributed by atoms with van der Waals surface area (Å²) < 4.78 is 32.3. The van der Waals surface area contributed by atoms with Gasteiger partial charge in [0.25, 0.3) is 0 Å². The van der Waals surface area contributed by atoms with E-state index < -0.39 is 84.4 Å². The summed E-state index contributed by atoms with van der Waals surface area (Å²) >= 11 is 0. The van der Waals surface area contributed by atoms with Crippen molar-refractivity contribution in [3.05, 3.63) is 108 Å². The van der Waals surface area contributed by atoms with E-state index in [1.54, 1.807) is 0 Å². The van der Waals surface area contributed by atoms with Crippen molar-refractivity contribution >= 4 is 29.5 Å². The average Bonchev–Trinajstić information content (AvgIpc) is 3.19. The van der Waals surface area contributed by atoms with Crippen LogP contribution >= 0.6 is 0 Å². The van der Waals surface area contributed by atoms with Crippen molar-refractivity contribution in [1.82, 2.24) is 26.6 Å². The Kier molecular flexibility index (Phi) is 17.1. The van der Waals surface area contributed by atoms with E-state index in [9.17, 15) is 24.0 Å². The summed E-state index contributed by atoms with van der Waals surface area (Å²) in [5, 5.41) is 13.2. The molecule has 0 saturated carbocycles. The molecule has 57 heavy (non-hydrogen) atoms. The van der Waals surface area contributed by atoms with E-state index in [0.717, 1.165) is 16.7 Å². The smallest absolute Gasteiger partial charge is 0.248 e. The molecule has 308 valence electrons. The van der Waals surface area contributed by atoms with Crippen LogP contribution in [0.2, 0.25) is 0 Å². The van der Waals surface area contributed by atoms with Crippen molar-refractivity contribution in [2.75, 3.05) is 20.3 Å². The highest BCUT2D eigenvalue weighted by atomic mass is 16.7. The number of rotatable bonds is 20. The topological polar surface area (TPSA) is 192 Å². The third kappa shape index (κ3) is 13.8. The zero-order chi connectivity index (χ0) is 41.4. The highest BCUT2D eigenvalue weighted by Crippen LogP contribution is 2.30. The molecule has 8 atom stereocenters. The molecule has 0 aromatic heterocycles. The molecule has 3 aromatic carbocycles. The highest BCUT2D eigenvalue weighted by Gasteiger charge is 2.50. The Morgan fingerprint density at radius 3 is 1.70 bits per heavy atom. The molecule has 1 aliphatic rings. The number of carbonyl (C=O) groups excluding carboxylic acids is 5. The predicted molar refractivity (Wildman–Crippen MR) is 210 cm³/mol. The van der Waals surface area contributed by atoms with Gasteiger partial charge in [-0.1, -0.05) is 91.0 Å². The molecular weight excluding hydrogens is 734 g/mol. The SMILES string of the molecule is CNC(=O)[C@H](C)NC(=O)[C@H](C)NC(=O)[C@](C)(CO[C@H]1O[C@H](COCc2ccccc2)[C@H](OCc2ccccc2)[C@H](OCc2ccccc2)[C@H]1NC(C)=O)NC(C)=O. The Balaban J connectivity index is 1.64. The van der Waals surface area contributed by atoms with Gasteiger partial charge in [0.1, 0.15) is 42.0 Å². The summed E-state index contributed by atoms with van der Waals surface area (Å²) in [6.45, 7) is 7.19. The van der Waals surface area contributed by atoms with Gasteiger partial charge in [-0.3, -0.25) is 24.0 Å². The van der Waals surface area contributed by atoms with E-state index in [-0.39, 0.29) is 26.4 Å². The van der Waals surface area contributed by atoms with E-state index in [4.69, 9.17) is 23.7 Å². The summed E-state index contributed by atoms with van der Waals surface area (Å²) in [4.78, 5) is 64.0. The molecule has 0 aliphatic carbocycles. The predicted octanol–water partition coefficient (Wildman–Crippen LogP) is 2.27. The second kappa shape index (κ2) is 21.9. The summed E-state index contributed by atoms with van der Waals surface area (Å²) in [5.41, 5.74) is 0.983. The van der Waals surface area contributed by atoms with Crippen LogP contribution in [-0.4, -0.2) is 98.1 Å². The van der Waals surface area contributed by atoms with Crippen molar-refractivity contribution < 1.29 is 47.7 Å². The Labute approximate surface area is 333 Å². The van der Waals surface area contributed by atoms with Crippen LogP contribution in [-0.2, 0) is 67.5 Å². The second-order valence-electron chi connectivity index (χ2n) is 14.2. The minimum atomic E-state index is -1.74. The fraction of sp³-hybridized carbons (Fsp3) is 0.452. The number of ether oxygens (including phenoxy) is 5. The van der Waals surface area contributed by atoms with Crippen LogP contribution in [0.1, 0.15) is 51.3 Å². The maximum absolute atomic E-state index is 13.8. The summed E-state index contributed by atoms with van der Waals surface area (Å²) in [5.74, 6) is -2.73. The van der Waals surface area contributed by atoms with Crippen molar-refractivity contribution in [1.29, 1.82) is 0 Å². The molecule has 0 radical (unpaired) electrons. The molecule has 0 unspecified atom stereocenters. The molecule has 1 heterocycles. The van der Waals surface area contributed by atoms with E-state index in [0.29, 0.717) is 0 Å². The molecule has 4 rings (SSSR count). The Hall–Kier alpha value is -5.19. The largest absolute Gasteiger partial charge is 0.374 e. The van der Waals surface area contributed by atoms with Crippen LogP contribution in [0.3, 0.4) is 0 Å². The number of amides is 5. The first kappa shape index (κ1) is 44.5. The summed E-state index contributed by atoms with van der Waals surface area (Å²) in [6, 6.07) is 25.8. The van der Waals surface area contributed by atoms with Gasteiger partial charge in [0.05, 0.1) is 33.0 Å². The molecular formula is C42H55N5O10. The van der Waals surface area contributed by atoms with Crippen molar-refractivity contribution in [3.8, 4) is 0 Å². The van der Waals surface area contributed by atoms with Crippen LogP contribution in [0.15, 0.2) is 91.0 Å². The first-order chi connectivity index (χ1) is 27.3. The maximum atomic E-state index is 13.8. The quantitative estimate of drug-likeness (QED) is 0.114. The van der Waals surface area contributed by atoms with Gasteiger partial charge in [-0.2, -0.15) is 0 Å². The van der Waals surface area contributed by atoms with E-state index in [1.165, 1.54) is 41.7 Å². The Morgan fingerprint density at radius 1 is 0.684 bits per heavy atom. The van der Waals surface area contributed by atoms with Gasteiger partial charge in [-0.25, -0.2) is 0 Å². The lowest BCUT2D eigenvalue weighted by Crippen LogP contribution is -2.67. The van der Waals surface area contributed by atoms with Crippen molar-refractivity contribution in [2.45, 2.75) is 103 Å². The second-order valence-corrected chi connectivity index (χ2v) is 14.2. The number of likely N-dealkylation sites (N-methyl/N-ethyl adjacent to an activating group) is 1. The fourth-order valence-corrected chi connectivity index (χ4v) is 6.21. The third-order valence-corrected chi connectivity index (χ3v) is 9.21. The zero-order valence-electron chi connectivity index (χ0n) is 33.3. The summed E-state index contributed by atoms with van der Waals surface area (Å²) in [7, 11) is 1.44. The molecule has 1 aliphatic heterocycles. The molecule has 15 nitrogen and oxygen atoms in total. The van der Waals surface area contributed by atoms with Gasteiger partial charge < -0.3 is 50.3 Å². The molecule has 1 saturated heterocycles. The van der Waals surface area contributed by atoms with Gasteiger partial charge in [-0.15, -0.1) is 0 Å². The van der Waals surface area contributed by atoms with Crippen LogP contribution < -0.4 is 26.6 Å². The van der Waals surface area contributed by atoms with Gasteiger partial charge >= 0.3 is 0 Å². The number of carbonyl (C=O) groups is 5. The molecule has 3 aromatic rings. The number of nitrogens with one attached hydrogen (secondary N) is 5. The van der Waals surface area contributed by atoms with Crippen molar-refractivity contribution in [3.63, 3.8) is 0 Å². The lowest BCUT2D eigenvalue weighted by Gasteiger charge is -2.46. The van der Waals surface area contributed by atoms with Crippen LogP contribution in [0.25, 0.3) is 0 Å². The Bertz CT molecular complexity index is 1750. The van der Waals surface area contributed by atoms with Crippen LogP contribution in [0.4, 0.5) is 0 Å². The highest BCUT2D eigenvalue weighted by molar-refractivity contribution is 5.95. The van der Waals surface area contributed by atoms with Gasteiger partial charge in [0.2, 0.25) is 29.5 Å². The first-order valence-electron chi connectivity index (χ1n) is 18.9. The maximum Gasteiger partial charge on any atom is 0.248 e. The van der Waals surface area contributed by atoms with E-state index in [1.807, 2.05) is 91.0 Å². The normalized spacial score (nSPS) is 21.2. The van der Waals surface area contributed by atoms with E-state index in [2.05, 4.69) is 26.6 Å². The van der Waals surface area contributed by atoms with Crippen LogP contribution in [0, 0.1) is 0 Å². The molecule has 5 amide bonds. The molecule has 0 spiro atoms. The number of benzene rings is 3. The number of hydrogen-bond acceptors (Lipinski definition) is 10. The molecule has 15 heteroatoms. The third-order valence-electron chi connectivity index (χ3n) is 9.21. The van der Waals surface area contributed by atoms with Gasteiger partial charge in [0.15, 0.2) is 6.29 Å². The lowest BCUT2D eigenvalue weighted by molar-refractivity contribution is -0.292. The lowest BCUT2D eigenvalue weighted by atomic mass is 9.95. The van der Waals surface area contributed by atoms with Crippen LogP contribution in [0.5, 0.6) is 0 Å². The molecule has 0 bridgehead atoms.